The fraction of sp³-hybridized carbons (Fsp3) is 0.296. The van der Waals surface area contributed by atoms with E-state index in [1.54, 1.807) is 6.07 Å². The number of ether oxygens (including phenoxy) is 1. The van der Waals surface area contributed by atoms with Crippen LogP contribution < -0.4 is 15.0 Å². The zero-order valence-electron chi connectivity index (χ0n) is 19.8. The summed E-state index contributed by atoms with van der Waals surface area (Å²) >= 11 is 16.4. The van der Waals surface area contributed by atoms with Gasteiger partial charge in [-0.3, -0.25) is 9.69 Å². The number of carbonyl (C=O) groups excluding carboxylic acids is 1. The van der Waals surface area contributed by atoms with E-state index in [4.69, 9.17) is 27.9 Å². The van der Waals surface area contributed by atoms with Gasteiger partial charge < -0.3 is 15.0 Å². The number of carbonyl (C=O) groups is 1. The summed E-state index contributed by atoms with van der Waals surface area (Å²) in [7, 11) is 0. The Morgan fingerprint density at radius 1 is 1.00 bits per heavy atom. The van der Waals surface area contributed by atoms with E-state index in [0.717, 1.165) is 64.6 Å². The van der Waals surface area contributed by atoms with Crippen LogP contribution in [0.5, 0.6) is 5.75 Å². The normalized spacial score (nSPS) is 14.1. The lowest BCUT2D eigenvalue weighted by Crippen LogP contribution is -2.46. The summed E-state index contributed by atoms with van der Waals surface area (Å²) in [5, 5.41) is 4.29. The molecule has 1 N–H and O–H groups in total. The molecule has 0 aromatic heterocycles. The highest BCUT2D eigenvalue weighted by Gasteiger charge is 2.20. The maximum absolute atomic E-state index is 12.5. The van der Waals surface area contributed by atoms with Crippen LogP contribution in [0.2, 0.25) is 10.0 Å². The predicted octanol–water partition coefficient (Wildman–Crippen LogP) is 6.71. The zero-order chi connectivity index (χ0) is 24.9. The van der Waals surface area contributed by atoms with Gasteiger partial charge >= 0.3 is 0 Å². The van der Waals surface area contributed by atoms with Crippen molar-refractivity contribution in [1.29, 1.82) is 0 Å². The molecule has 1 amide bonds. The Morgan fingerprint density at radius 2 is 1.74 bits per heavy atom. The molecule has 1 aliphatic heterocycles. The Morgan fingerprint density at radius 3 is 2.43 bits per heavy atom. The first-order valence-corrected chi connectivity index (χ1v) is 13.0. The number of amides is 1. The van der Waals surface area contributed by atoms with Crippen LogP contribution in [-0.2, 0) is 11.3 Å². The van der Waals surface area contributed by atoms with E-state index in [9.17, 15) is 4.79 Å². The van der Waals surface area contributed by atoms with Crippen LogP contribution in [-0.4, -0.2) is 43.6 Å². The molecule has 1 saturated heterocycles. The van der Waals surface area contributed by atoms with Crippen molar-refractivity contribution in [1.82, 2.24) is 4.90 Å². The molecule has 4 rings (SSSR count). The summed E-state index contributed by atoms with van der Waals surface area (Å²) in [6.45, 7) is 8.31. The van der Waals surface area contributed by atoms with Gasteiger partial charge in [0.1, 0.15) is 5.75 Å². The van der Waals surface area contributed by atoms with Crippen molar-refractivity contribution in [2.45, 2.75) is 20.4 Å². The maximum atomic E-state index is 12.5. The molecule has 0 unspecified atom stereocenters. The van der Waals surface area contributed by atoms with Crippen LogP contribution in [0.15, 0.2) is 59.1 Å². The fourth-order valence-corrected chi connectivity index (χ4v) is 5.56. The van der Waals surface area contributed by atoms with Crippen LogP contribution in [0, 0.1) is 13.8 Å². The standard InChI is InChI=1S/C27H28BrCl2N3O2/c1-18-13-19(2)27(22(28)14-18)35-17-26(34)31-21-7-8-25(24(30)15-21)33-11-9-32(10-12-33)16-20-5-3-4-6-23(20)29/h3-8,13-15H,9-12,16-17H2,1-2H3,(H,31,34). The molecule has 0 radical (unpaired) electrons. The number of piperazine rings is 1. The van der Waals surface area contributed by atoms with Gasteiger partial charge in [-0.25, -0.2) is 0 Å². The van der Waals surface area contributed by atoms with Crippen molar-refractivity contribution in [2.24, 2.45) is 0 Å². The van der Waals surface area contributed by atoms with Gasteiger partial charge in [0.2, 0.25) is 0 Å². The minimum atomic E-state index is -0.242. The molecule has 0 aliphatic carbocycles. The van der Waals surface area contributed by atoms with Crippen molar-refractivity contribution in [3.05, 3.63) is 85.8 Å². The number of nitrogens with zero attached hydrogens (tertiary/aromatic N) is 2. The molecule has 0 bridgehead atoms. The Labute approximate surface area is 225 Å². The van der Waals surface area contributed by atoms with Gasteiger partial charge in [0.25, 0.3) is 5.91 Å². The minimum Gasteiger partial charge on any atom is -0.482 e. The Kier molecular flexibility index (Phi) is 8.60. The van der Waals surface area contributed by atoms with E-state index in [1.165, 1.54) is 0 Å². The largest absolute Gasteiger partial charge is 0.482 e. The van der Waals surface area contributed by atoms with Crippen molar-refractivity contribution >= 4 is 56.4 Å². The summed E-state index contributed by atoms with van der Waals surface area (Å²) in [6.07, 6.45) is 0. The van der Waals surface area contributed by atoms with E-state index in [1.807, 2.05) is 56.3 Å². The second kappa shape index (κ2) is 11.7. The lowest BCUT2D eigenvalue weighted by atomic mass is 10.1. The maximum Gasteiger partial charge on any atom is 0.262 e. The third kappa shape index (κ3) is 6.70. The molecule has 5 nitrogen and oxygen atoms in total. The second-order valence-corrected chi connectivity index (χ2v) is 10.4. The number of rotatable bonds is 7. The van der Waals surface area contributed by atoms with Crippen LogP contribution in [0.25, 0.3) is 0 Å². The highest BCUT2D eigenvalue weighted by molar-refractivity contribution is 9.10. The lowest BCUT2D eigenvalue weighted by molar-refractivity contribution is -0.118. The SMILES string of the molecule is Cc1cc(C)c(OCC(=O)Nc2ccc(N3CCN(Cc4ccccc4Cl)CC3)c(Cl)c2)c(Br)c1. The fourth-order valence-electron chi connectivity index (χ4n) is 4.28. The molecule has 184 valence electrons. The van der Waals surface area contributed by atoms with E-state index in [0.29, 0.717) is 16.5 Å². The highest BCUT2D eigenvalue weighted by atomic mass is 79.9. The number of hydrogen-bond donors (Lipinski definition) is 1. The number of halogens is 3. The van der Waals surface area contributed by atoms with Gasteiger partial charge in [-0.05, 0) is 76.8 Å². The van der Waals surface area contributed by atoms with Gasteiger partial charge in [0.05, 0.1) is 15.2 Å². The van der Waals surface area contributed by atoms with Gasteiger partial charge in [0.15, 0.2) is 6.61 Å². The summed E-state index contributed by atoms with van der Waals surface area (Å²) in [5.74, 6) is 0.432. The number of anilines is 2. The number of benzene rings is 3. The molecule has 35 heavy (non-hydrogen) atoms. The predicted molar refractivity (Wildman–Crippen MR) is 148 cm³/mol. The van der Waals surface area contributed by atoms with E-state index < -0.39 is 0 Å². The second-order valence-electron chi connectivity index (χ2n) is 8.75. The number of hydrogen-bond acceptors (Lipinski definition) is 4. The smallest absolute Gasteiger partial charge is 0.262 e. The zero-order valence-corrected chi connectivity index (χ0v) is 22.9. The Balaban J connectivity index is 1.30. The average molecular weight is 577 g/mol. The van der Waals surface area contributed by atoms with Gasteiger partial charge in [-0.2, -0.15) is 0 Å². The molecular weight excluding hydrogens is 549 g/mol. The molecule has 3 aromatic rings. The van der Waals surface area contributed by atoms with Crippen LogP contribution in [0.3, 0.4) is 0 Å². The Bertz CT molecular complexity index is 1190. The Hall–Kier alpha value is -2.25. The van der Waals surface area contributed by atoms with E-state index in [-0.39, 0.29) is 12.5 Å². The summed E-state index contributed by atoms with van der Waals surface area (Å²) in [4.78, 5) is 17.1. The minimum absolute atomic E-state index is 0.0880. The van der Waals surface area contributed by atoms with Gasteiger partial charge in [-0.1, -0.05) is 47.5 Å². The quantitative estimate of drug-likeness (QED) is 0.339. The molecule has 1 fully saturated rings. The first kappa shape index (κ1) is 25.8. The van der Waals surface area contributed by atoms with E-state index in [2.05, 4.69) is 37.1 Å². The third-order valence-corrected chi connectivity index (χ3v) is 7.28. The monoisotopic (exact) mass is 575 g/mol. The van der Waals surface area contributed by atoms with Crippen molar-refractivity contribution < 1.29 is 9.53 Å². The molecular formula is C27H28BrCl2N3O2. The summed E-state index contributed by atoms with van der Waals surface area (Å²) in [6, 6.07) is 17.6. The molecule has 0 saturated carbocycles. The third-order valence-electron chi connectivity index (χ3n) is 6.02. The van der Waals surface area contributed by atoms with Crippen LogP contribution in [0.4, 0.5) is 11.4 Å². The first-order valence-electron chi connectivity index (χ1n) is 11.5. The lowest BCUT2D eigenvalue weighted by Gasteiger charge is -2.36. The molecule has 1 aliphatic rings. The van der Waals surface area contributed by atoms with Crippen LogP contribution in [0.1, 0.15) is 16.7 Å². The van der Waals surface area contributed by atoms with Gasteiger partial charge in [0, 0.05) is 43.4 Å². The molecule has 3 aromatic carbocycles. The highest BCUT2D eigenvalue weighted by Crippen LogP contribution is 2.31. The molecule has 8 heteroatoms. The van der Waals surface area contributed by atoms with Crippen molar-refractivity contribution in [3.8, 4) is 5.75 Å². The van der Waals surface area contributed by atoms with E-state index >= 15 is 0 Å². The first-order chi connectivity index (χ1) is 16.8. The molecule has 1 heterocycles. The summed E-state index contributed by atoms with van der Waals surface area (Å²) < 4.78 is 6.59. The molecule has 0 spiro atoms. The average Bonchev–Trinajstić information content (AvgIpc) is 2.81. The van der Waals surface area contributed by atoms with Crippen LogP contribution >= 0.6 is 39.1 Å². The van der Waals surface area contributed by atoms with Crippen molar-refractivity contribution in [2.75, 3.05) is 43.0 Å². The van der Waals surface area contributed by atoms with Gasteiger partial charge in [-0.15, -0.1) is 0 Å². The topological polar surface area (TPSA) is 44.8 Å². The number of aryl methyl sites for hydroxylation is 2. The van der Waals surface area contributed by atoms with Crippen molar-refractivity contribution in [3.63, 3.8) is 0 Å². The molecule has 0 atom stereocenters. The number of nitrogens with one attached hydrogen (secondary N) is 1. The summed E-state index contributed by atoms with van der Waals surface area (Å²) in [5.41, 5.74) is 4.86.